The van der Waals surface area contributed by atoms with E-state index >= 15 is 0 Å². The summed E-state index contributed by atoms with van der Waals surface area (Å²) in [5.41, 5.74) is 9.00. The summed E-state index contributed by atoms with van der Waals surface area (Å²) in [6.45, 7) is 40.2. The number of hydrogen-bond donors (Lipinski definition) is 0. The van der Waals surface area contributed by atoms with E-state index in [0.717, 1.165) is 27.9 Å². The highest BCUT2D eigenvalue weighted by Crippen LogP contribution is 2.11. The first-order valence-corrected chi connectivity index (χ1v) is 24.0. The molecule has 0 spiro atoms. The number of fused-ring (bicyclic) bond motifs is 4. The fourth-order valence-electron chi connectivity index (χ4n) is 5.13. The highest BCUT2D eigenvalue weighted by atomic mass is 15.2. The third kappa shape index (κ3) is 22.0. The molecule has 64 heavy (non-hydrogen) atoms. The summed E-state index contributed by atoms with van der Waals surface area (Å²) in [6, 6.07) is 34.7. The van der Waals surface area contributed by atoms with Crippen LogP contribution in [0.4, 0.5) is 0 Å². The molecule has 0 saturated heterocycles. The summed E-state index contributed by atoms with van der Waals surface area (Å²) in [4.78, 5) is 13.1. The number of rotatable bonds is 0. The molecule has 4 aromatic heterocycles. The van der Waals surface area contributed by atoms with Crippen molar-refractivity contribution in [2.24, 2.45) is 28.2 Å². The molecule has 8 aromatic rings. The van der Waals surface area contributed by atoms with Gasteiger partial charge in [-0.05, 0) is 53.3 Å². The van der Waals surface area contributed by atoms with E-state index < -0.39 is 0 Å². The molecular formula is C56H92N8+4. The fraction of sp³-hybridized carbons (Fsp3) is 0.429. The maximum atomic E-state index is 4.44. The summed E-state index contributed by atoms with van der Waals surface area (Å²) < 4.78 is 8.09. The molecule has 0 amide bonds. The lowest BCUT2D eigenvalue weighted by Gasteiger charge is -1.97. The Balaban J connectivity index is -0.000000339. The van der Waals surface area contributed by atoms with Crippen molar-refractivity contribution in [1.29, 1.82) is 0 Å². The summed E-state index contributed by atoms with van der Waals surface area (Å²) in [7, 11) is 8.03. The van der Waals surface area contributed by atoms with Gasteiger partial charge in [0.2, 0.25) is 11.2 Å². The Morgan fingerprint density at radius 2 is 0.875 bits per heavy atom. The summed E-state index contributed by atoms with van der Waals surface area (Å²) in [6.07, 6.45) is 5.83. The van der Waals surface area contributed by atoms with Crippen molar-refractivity contribution in [3.63, 3.8) is 0 Å². The van der Waals surface area contributed by atoms with Crippen LogP contribution in [0.5, 0.6) is 0 Å². The molecule has 4 aromatic carbocycles. The largest absolute Gasteiger partial charge is 0.295 e. The minimum atomic E-state index is 1.04. The monoisotopic (exact) mass is 877 g/mol. The molecule has 352 valence electrons. The van der Waals surface area contributed by atoms with Gasteiger partial charge in [-0.25, -0.2) is 14.1 Å². The Kier molecular flexibility index (Phi) is 41.8. The molecule has 0 atom stereocenters. The number of para-hydroxylation sites is 4. The minimum Gasteiger partial charge on any atom is -0.243 e. The molecule has 0 aliphatic rings. The van der Waals surface area contributed by atoms with Gasteiger partial charge in [0.1, 0.15) is 30.0 Å². The van der Waals surface area contributed by atoms with Crippen LogP contribution in [0, 0.1) is 27.7 Å². The Hall–Kier alpha value is -5.76. The fourth-order valence-corrected chi connectivity index (χ4v) is 5.13. The van der Waals surface area contributed by atoms with Gasteiger partial charge in [0.15, 0.2) is 23.8 Å². The highest BCUT2D eigenvalue weighted by Gasteiger charge is 2.08. The van der Waals surface area contributed by atoms with Crippen LogP contribution in [0.3, 0.4) is 0 Å². The van der Waals surface area contributed by atoms with E-state index in [1.165, 1.54) is 38.8 Å². The van der Waals surface area contributed by atoms with Crippen molar-refractivity contribution in [3.05, 3.63) is 145 Å². The van der Waals surface area contributed by atoms with Crippen molar-refractivity contribution < 1.29 is 18.4 Å². The first kappa shape index (κ1) is 64.9. The summed E-state index contributed by atoms with van der Waals surface area (Å²) in [5, 5.41) is 8.00. The second-order valence-electron chi connectivity index (χ2n) is 11.8. The predicted molar refractivity (Wildman–Crippen MR) is 281 cm³/mol. The van der Waals surface area contributed by atoms with Crippen molar-refractivity contribution in [3.8, 4) is 0 Å². The van der Waals surface area contributed by atoms with Gasteiger partial charge in [0, 0.05) is 43.4 Å². The van der Waals surface area contributed by atoms with Crippen molar-refractivity contribution >= 4 is 43.7 Å². The molecule has 8 nitrogen and oxygen atoms in total. The number of hydrogen-bond acceptors (Lipinski definition) is 4. The maximum Gasteiger partial charge on any atom is 0.295 e. The molecule has 0 fully saturated rings. The Bertz CT molecular complexity index is 2090. The SMILES string of the molecule is CC.CC.CC.CC.CC.CC.CC.CC.Cc1c2ccccc2nc[n+]1C.Cc1cc2ccccc2n[n+]1C.Cc1cnc2ccccc2[n+]1C.Cc1nc2ccccc2c[n+]1C. The van der Waals surface area contributed by atoms with Crippen LogP contribution in [-0.4, -0.2) is 20.1 Å². The van der Waals surface area contributed by atoms with Gasteiger partial charge >= 0.3 is 0 Å². The normalized spacial score (nSPS) is 8.62. The average molecular weight is 877 g/mol. The van der Waals surface area contributed by atoms with E-state index in [1.54, 1.807) is 0 Å². The van der Waals surface area contributed by atoms with Crippen molar-refractivity contribution in [1.82, 2.24) is 20.1 Å². The van der Waals surface area contributed by atoms with Crippen LogP contribution in [-0.2, 0) is 28.2 Å². The zero-order valence-electron chi connectivity index (χ0n) is 45.1. The summed E-state index contributed by atoms with van der Waals surface area (Å²) in [5.74, 6) is 1.04. The second kappa shape index (κ2) is 41.3. The van der Waals surface area contributed by atoms with E-state index in [0.29, 0.717) is 0 Å². The van der Waals surface area contributed by atoms with Crippen LogP contribution in [0.1, 0.15) is 134 Å². The highest BCUT2D eigenvalue weighted by molar-refractivity contribution is 5.79. The lowest BCUT2D eigenvalue weighted by atomic mass is 10.2. The number of benzene rings is 4. The molecule has 0 radical (unpaired) electrons. The molecule has 0 N–H and O–H groups in total. The topological polar surface area (TPSA) is 67.1 Å². The second-order valence-corrected chi connectivity index (χ2v) is 11.8. The first-order valence-electron chi connectivity index (χ1n) is 24.0. The van der Waals surface area contributed by atoms with E-state index in [4.69, 9.17) is 0 Å². The lowest BCUT2D eigenvalue weighted by Crippen LogP contribution is -2.36. The van der Waals surface area contributed by atoms with E-state index in [1.807, 2.05) is 238 Å². The van der Waals surface area contributed by atoms with Crippen LogP contribution in [0.15, 0.2) is 122 Å². The lowest BCUT2D eigenvalue weighted by molar-refractivity contribution is -0.734. The van der Waals surface area contributed by atoms with Gasteiger partial charge in [-0.15, -0.1) is 0 Å². The smallest absolute Gasteiger partial charge is 0.243 e. The van der Waals surface area contributed by atoms with Gasteiger partial charge in [0.25, 0.3) is 12.2 Å². The minimum absolute atomic E-state index is 1.04. The zero-order valence-corrected chi connectivity index (χ0v) is 45.1. The third-order valence-electron chi connectivity index (χ3n) is 8.49. The van der Waals surface area contributed by atoms with Gasteiger partial charge in [-0.2, -0.15) is 4.57 Å². The molecule has 4 heterocycles. The Labute approximate surface area is 392 Å². The number of nitrogens with zero attached hydrogens (tertiary/aromatic N) is 8. The van der Waals surface area contributed by atoms with E-state index in [-0.39, 0.29) is 0 Å². The van der Waals surface area contributed by atoms with Gasteiger partial charge in [-0.1, -0.05) is 170 Å². The standard InChI is InChI=1S/4C10H11N2.8C2H6/c1-8-9-5-3-4-6-10(9)11-7-12(8)2;1-8-11-10-6-4-3-5-9(10)7-12(8)2;1-8-7-11-9-5-3-4-6-10(9)12(8)2;1-8-7-9-5-3-4-6-10(9)11-12(8)2;8*1-2/h4*3-7H,1-2H3;8*1-2H3/q4*+1;;;;;;;;. The van der Waals surface area contributed by atoms with Gasteiger partial charge in [-0.3, -0.25) is 0 Å². The number of aromatic nitrogens is 8. The van der Waals surface area contributed by atoms with E-state index in [2.05, 4.69) is 89.0 Å². The Morgan fingerprint density at radius 3 is 1.44 bits per heavy atom. The molecule has 0 unspecified atom stereocenters. The zero-order chi connectivity index (χ0) is 50.2. The quantitative estimate of drug-likeness (QED) is 0.142. The van der Waals surface area contributed by atoms with Crippen molar-refractivity contribution in [2.75, 3.05) is 0 Å². The molecule has 0 aliphatic heterocycles. The van der Waals surface area contributed by atoms with Crippen LogP contribution >= 0.6 is 0 Å². The molecule has 8 rings (SSSR count). The van der Waals surface area contributed by atoms with Crippen LogP contribution in [0.2, 0.25) is 0 Å². The van der Waals surface area contributed by atoms with Crippen LogP contribution < -0.4 is 18.4 Å². The maximum absolute atomic E-state index is 4.44. The van der Waals surface area contributed by atoms with Gasteiger partial charge < -0.3 is 0 Å². The molecule has 0 bridgehead atoms. The average Bonchev–Trinajstić information content (AvgIpc) is 3.38. The summed E-state index contributed by atoms with van der Waals surface area (Å²) >= 11 is 0. The predicted octanol–water partition coefficient (Wildman–Crippen LogP) is 13.7. The third-order valence-corrected chi connectivity index (χ3v) is 8.49. The molecular weight excluding hydrogens is 785 g/mol. The molecule has 8 heteroatoms. The van der Waals surface area contributed by atoms with E-state index in [9.17, 15) is 0 Å². The Morgan fingerprint density at radius 1 is 0.422 bits per heavy atom. The molecule has 0 saturated carbocycles. The van der Waals surface area contributed by atoms with Crippen LogP contribution in [0.25, 0.3) is 43.7 Å². The number of aryl methyl sites for hydroxylation is 8. The molecule has 0 aliphatic carbocycles. The van der Waals surface area contributed by atoms with Gasteiger partial charge in [0.05, 0.1) is 31.1 Å². The van der Waals surface area contributed by atoms with Crippen molar-refractivity contribution in [2.45, 2.75) is 138 Å². The first-order chi connectivity index (χ1) is 31.1.